The molecular weight excluding hydrogens is 292 g/mol. The van der Waals surface area contributed by atoms with Crippen molar-refractivity contribution < 1.29 is 4.74 Å². The molecular formula is C23H24O. The quantitative estimate of drug-likeness (QED) is 0.545. The summed E-state index contributed by atoms with van der Waals surface area (Å²) in [6.07, 6.45) is 2.12. The molecule has 0 aliphatic carbocycles. The molecule has 122 valence electrons. The van der Waals surface area contributed by atoms with Crippen molar-refractivity contribution in [1.82, 2.24) is 0 Å². The highest BCUT2D eigenvalue weighted by Gasteiger charge is 2.01. The van der Waals surface area contributed by atoms with Gasteiger partial charge in [-0.3, -0.25) is 0 Å². The van der Waals surface area contributed by atoms with Gasteiger partial charge in [-0.15, -0.1) is 0 Å². The maximum absolute atomic E-state index is 5.88. The van der Waals surface area contributed by atoms with Gasteiger partial charge in [-0.25, -0.2) is 0 Å². The molecule has 0 fully saturated rings. The first-order valence-corrected chi connectivity index (χ1v) is 8.50. The van der Waals surface area contributed by atoms with Gasteiger partial charge in [0.05, 0.1) is 0 Å². The molecule has 0 aromatic heterocycles. The molecule has 1 heteroatoms. The van der Waals surface area contributed by atoms with Gasteiger partial charge in [0.25, 0.3) is 0 Å². The molecule has 0 unspecified atom stereocenters. The molecule has 0 aliphatic heterocycles. The van der Waals surface area contributed by atoms with Crippen LogP contribution in [0.4, 0.5) is 0 Å². The Morgan fingerprint density at radius 3 is 1.75 bits per heavy atom. The molecule has 0 heterocycles. The van der Waals surface area contributed by atoms with Crippen LogP contribution in [-0.2, 0) is 12.8 Å². The summed E-state index contributed by atoms with van der Waals surface area (Å²) in [6.45, 7) is 6.41. The minimum atomic E-state index is 0.878. The Kier molecular flexibility index (Phi) is 5.00. The molecule has 0 aliphatic rings. The monoisotopic (exact) mass is 316 g/mol. The fourth-order valence-electron chi connectivity index (χ4n) is 2.71. The highest BCUT2D eigenvalue weighted by Crippen LogP contribution is 2.22. The molecule has 0 N–H and O–H groups in total. The van der Waals surface area contributed by atoms with E-state index in [9.17, 15) is 0 Å². The smallest absolute Gasteiger partial charge is 0.127 e. The standard InChI is InChI=1S/C23H24O/c1-17-4-12-22(13-5-17)24-23-14-10-20(11-15-23)8-9-21-7-6-18(2)19(3)16-21/h4-7,10-16H,8-9H2,1-3H3. The molecule has 0 amide bonds. The third-order valence-electron chi connectivity index (χ3n) is 4.45. The molecule has 0 bridgehead atoms. The Morgan fingerprint density at radius 1 is 0.583 bits per heavy atom. The highest BCUT2D eigenvalue weighted by atomic mass is 16.5. The zero-order valence-corrected chi connectivity index (χ0v) is 14.7. The van der Waals surface area contributed by atoms with Crippen LogP contribution < -0.4 is 4.74 Å². The van der Waals surface area contributed by atoms with E-state index in [0.29, 0.717) is 0 Å². The second-order valence-electron chi connectivity index (χ2n) is 6.48. The fourth-order valence-corrected chi connectivity index (χ4v) is 2.71. The van der Waals surface area contributed by atoms with Gasteiger partial charge in [0.2, 0.25) is 0 Å². The van der Waals surface area contributed by atoms with Crippen molar-refractivity contribution >= 4 is 0 Å². The van der Waals surface area contributed by atoms with E-state index in [1.54, 1.807) is 0 Å². The van der Waals surface area contributed by atoms with E-state index in [1.165, 1.54) is 27.8 Å². The van der Waals surface area contributed by atoms with Crippen LogP contribution in [0, 0.1) is 20.8 Å². The molecule has 0 saturated carbocycles. The maximum Gasteiger partial charge on any atom is 0.127 e. The summed E-state index contributed by atoms with van der Waals surface area (Å²) in [5.74, 6) is 1.76. The summed E-state index contributed by atoms with van der Waals surface area (Å²) >= 11 is 0. The Labute approximate surface area is 144 Å². The normalized spacial score (nSPS) is 10.6. The predicted molar refractivity (Wildman–Crippen MR) is 101 cm³/mol. The topological polar surface area (TPSA) is 9.23 Å². The van der Waals surface area contributed by atoms with Gasteiger partial charge < -0.3 is 4.74 Å². The summed E-state index contributed by atoms with van der Waals surface area (Å²) in [4.78, 5) is 0. The molecule has 3 aromatic carbocycles. The first-order chi connectivity index (χ1) is 11.6. The lowest BCUT2D eigenvalue weighted by molar-refractivity contribution is 0.482. The van der Waals surface area contributed by atoms with Crippen LogP contribution in [-0.4, -0.2) is 0 Å². The lowest BCUT2D eigenvalue weighted by Gasteiger charge is -2.08. The average molecular weight is 316 g/mol. The van der Waals surface area contributed by atoms with Crippen LogP contribution in [0.5, 0.6) is 11.5 Å². The average Bonchev–Trinajstić information content (AvgIpc) is 2.59. The lowest BCUT2D eigenvalue weighted by atomic mass is 10.0. The first-order valence-electron chi connectivity index (χ1n) is 8.50. The van der Waals surface area contributed by atoms with Crippen LogP contribution in [0.2, 0.25) is 0 Å². The second-order valence-corrected chi connectivity index (χ2v) is 6.48. The summed E-state index contributed by atoms with van der Waals surface area (Å²) in [7, 11) is 0. The van der Waals surface area contributed by atoms with Gasteiger partial charge in [0.15, 0.2) is 0 Å². The van der Waals surface area contributed by atoms with Crippen LogP contribution in [0.1, 0.15) is 27.8 Å². The summed E-state index contributed by atoms with van der Waals surface area (Å²) < 4.78 is 5.88. The summed E-state index contributed by atoms with van der Waals surface area (Å²) in [5, 5.41) is 0. The van der Waals surface area contributed by atoms with E-state index >= 15 is 0 Å². The SMILES string of the molecule is Cc1ccc(Oc2ccc(CCc3ccc(C)c(C)c3)cc2)cc1. The summed E-state index contributed by atoms with van der Waals surface area (Å²) in [6, 6.07) is 23.3. The van der Waals surface area contributed by atoms with E-state index in [-0.39, 0.29) is 0 Å². The first kappa shape index (κ1) is 16.3. The zero-order valence-electron chi connectivity index (χ0n) is 14.7. The van der Waals surface area contributed by atoms with Crippen molar-refractivity contribution in [3.8, 4) is 11.5 Å². The third kappa shape index (κ3) is 4.26. The lowest BCUT2D eigenvalue weighted by Crippen LogP contribution is -1.93. The van der Waals surface area contributed by atoms with E-state index in [1.807, 2.05) is 12.1 Å². The van der Waals surface area contributed by atoms with Crippen molar-refractivity contribution in [3.63, 3.8) is 0 Å². The minimum Gasteiger partial charge on any atom is -0.457 e. The Morgan fingerprint density at radius 2 is 1.12 bits per heavy atom. The largest absolute Gasteiger partial charge is 0.457 e. The van der Waals surface area contributed by atoms with E-state index in [0.717, 1.165) is 24.3 Å². The Bertz CT molecular complexity index is 798. The third-order valence-corrected chi connectivity index (χ3v) is 4.45. The highest BCUT2D eigenvalue weighted by molar-refractivity contribution is 5.35. The van der Waals surface area contributed by atoms with Gasteiger partial charge in [-0.2, -0.15) is 0 Å². The van der Waals surface area contributed by atoms with Crippen molar-refractivity contribution in [3.05, 3.63) is 94.5 Å². The number of hydrogen-bond donors (Lipinski definition) is 0. The number of rotatable bonds is 5. The van der Waals surface area contributed by atoms with Gasteiger partial charge in [-0.05, 0) is 80.1 Å². The predicted octanol–water partition coefficient (Wildman–Crippen LogP) is 6.19. The molecule has 0 spiro atoms. The van der Waals surface area contributed by atoms with Gasteiger partial charge in [-0.1, -0.05) is 48.0 Å². The fraction of sp³-hybridized carbons (Fsp3) is 0.217. The number of hydrogen-bond acceptors (Lipinski definition) is 1. The van der Waals surface area contributed by atoms with Crippen LogP contribution in [0.3, 0.4) is 0 Å². The molecule has 3 aromatic rings. The molecule has 1 nitrogen and oxygen atoms in total. The second kappa shape index (κ2) is 7.35. The minimum absolute atomic E-state index is 0.878. The molecule has 3 rings (SSSR count). The summed E-state index contributed by atoms with van der Waals surface area (Å²) in [5.41, 5.74) is 6.71. The van der Waals surface area contributed by atoms with Crippen molar-refractivity contribution in [2.24, 2.45) is 0 Å². The zero-order chi connectivity index (χ0) is 16.9. The van der Waals surface area contributed by atoms with Crippen LogP contribution >= 0.6 is 0 Å². The number of benzene rings is 3. The molecule has 24 heavy (non-hydrogen) atoms. The van der Waals surface area contributed by atoms with Gasteiger partial charge in [0, 0.05) is 0 Å². The van der Waals surface area contributed by atoms with E-state index in [2.05, 4.69) is 75.4 Å². The number of ether oxygens (including phenoxy) is 1. The molecule has 0 atom stereocenters. The van der Waals surface area contributed by atoms with Crippen molar-refractivity contribution in [2.75, 3.05) is 0 Å². The molecule has 0 radical (unpaired) electrons. The van der Waals surface area contributed by atoms with E-state index < -0.39 is 0 Å². The van der Waals surface area contributed by atoms with Crippen molar-refractivity contribution in [1.29, 1.82) is 0 Å². The van der Waals surface area contributed by atoms with Crippen LogP contribution in [0.15, 0.2) is 66.7 Å². The van der Waals surface area contributed by atoms with Crippen LogP contribution in [0.25, 0.3) is 0 Å². The maximum atomic E-state index is 5.88. The van der Waals surface area contributed by atoms with Gasteiger partial charge >= 0.3 is 0 Å². The number of aryl methyl sites for hydroxylation is 5. The Balaban J connectivity index is 1.59. The van der Waals surface area contributed by atoms with E-state index in [4.69, 9.17) is 4.74 Å². The van der Waals surface area contributed by atoms with Gasteiger partial charge in [0.1, 0.15) is 11.5 Å². The molecule has 0 saturated heterocycles. The Hall–Kier alpha value is -2.54. The van der Waals surface area contributed by atoms with Crippen molar-refractivity contribution in [2.45, 2.75) is 33.6 Å².